The summed E-state index contributed by atoms with van der Waals surface area (Å²) in [6.07, 6.45) is 1.76. The molecule has 0 aliphatic heterocycles. The zero-order valence-electron chi connectivity index (χ0n) is 12.8. The summed E-state index contributed by atoms with van der Waals surface area (Å²) < 4.78 is 28.0. The second-order valence-corrected chi connectivity index (χ2v) is 8.09. The van der Waals surface area contributed by atoms with Crippen molar-refractivity contribution in [1.29, 1.82) is 0 Å². The van der Waals surface area contributed by atoms with E-state index in [1.165, 1.54) is 12.1 Å². The number of esters is 1. The molecule has 1 rings (SSSR count). The Morgan fingerprint density at radius 2 is 1.90 bits per heavy atom. The van der Waals surface area contributed by atoms with Crippen LogP contribution in [0.25, 0.3) is 0 Å². The molecule has 0 amide bonds. The van der Waals surface area contributed by atoms with Gasteiger partial charge in [0.2, 0.25) is 0 Å². The summed E-state index contributed by atoms with van der Waals surface area (Å²) in [6.45, 7) is 8.02. The largest absolute Gasteiger partial charge is 0.462 e. The van der Waals surface area contributed by atoms with E-state index in [4.69, 9.17) is 15.4 Å². The Morgan fingerprint density at radius 1 is 1.29 bits per heavy atom. The molecule has 0 saturated carbocycles. The fraction of sp³-hybridized carbons (Fsp3) is 0.533. The molecule has 0 bridgehead atoms. The lowest BCUT2D eigenvalue weighted by Gasteiger charge is -2.11. The van der Waals surface area contributed by atoms with Crippen molar-refractivity contribution >= 4 is 25.7 Å². The Kier molecular flexibility index (Phi) is 6.23. The first-order chi connectivity index (χ1) is 9.62. The van der Waals surface area contributed by atoms with Crippen molar-refractivity contribution in [3.63, 3.8) is 0 Å². The van der Waals surface area contributed by atoms with Gasteiger partial charge in [-0.1, -0.05) is 13.8 Å². The lowest BCUT2D eigenvalue weighted by molar-refractivity contribution is 0.0493. The Hall–Kier alpha value is -1.07. The molecule has 0 unspecified atom stereocenters. The minimum absolute atomic E-state index is 0.0820. The van der Waals surface area contributed by atoms with E-state index >= 15 is 0 Å². The first-order valence-corrected chi connectivity index (χ1v) is 9.17. The van der Waals surface area contributed by atoms with Crippen LogP contribution in [0.5, 0.6) is 0 Å². The molecule has 0 atom stereocenters. The maximum atomic E-state index is 12.1. The van der Waals surface area contributed by atoms with Crippen molar-refractivity contribution in [2.75, 3.05) is 6.61 Å². The van der Waals surface area contributed by atoms with Crippen molar-refractivity contribution < 1.29 is 17.9 Å². The van der Waals surface area contributed by atoms with Crippen LogP contribution in [0, 0.1) is 19.8 Å². The molecular weight excluding hydrogens is 312 g/mol. The van der Waals surface area contributed by atoms with Crippen LogP contribution < -0.4 is 0 Å². The van der Waals surface area contributed by atoms with Crippen LogP contribution in [0.2, 0.25) is 0 Å². The summed E-state index contributed by atoms with van der Waals surface area (Å²) in [5.41, 5.74) is 1.64. The highest BCUT2D eigenvalue weighted by Crippen LogP contribution is 2.23. The minimum Gasteiger partial charge on any atom is -0.462 e. The normalized spacial score (nSPS) is 11.7. The molecule has 1 aromatic carbocycles. The van der Waals surface area contributed by atoms with E-state index in [2.05, 4.69) is 13.8 Å². The second kappa shape index (κ2) is 7.27. The van der Waals surface area contributed by atoms with Gasteiger partial charge in [0.05, 0.1) is 17.1 Å². The van der Waals surface area contributed by atoms with Crippen LogP contribution in [0.3, 0.4) is 0 Å². The van der Waals surface area contributed by atoms with Gasteiger partial charge >= 0.3 is 5.97 Å². The van der Waals surface area contributed by atoms with E-state index in [1.54, 1.807) is 13.8 Å². The van der Waals surface area contributed by atoms with Crippen LogP contribution >= 0.6 is 10.7 Å². The Balaban J connectivity index is 2.91. The van der Waals surface area contributed by atoms with Crippen molar-refractivity contribution in [2.24, 2.45) is 5.92 Å². The van der Waals surface area contributed by atoms with Crippen molar-refractivity contribution in [1.82, 2.24) is 0 Å². The molecule has 6 heteroatoms. The molecule has 0 aromatic heterocycles. The summed E-state index contributed by atoms with van der Waals surface area (Å²) in [7, 11) is 1.47. The molecule has 4 nitrogen and oxygen atoms in total. The third-order valence-electron chi connectivity index (χ3n) is 3.30. The number of halogens is 1. The van der Waals surface area contributed by atoms with Gasteiger partial charge in [0.25, 0.3) is 9.05 Å². The van der Waals surface area contributed by atoms with Crippen molar-refractivity contribution in [3.8, 4) is 0 Å². The summed E-state index contributed by atoms with van der Waals surface area (Å²) in [4.78, 5) is 12.0. The van der Waals surface area contributed by atoms with Crippen LogP contribution in [0.4, 0.5) is 0 Å². The van der Waals surface area contributed by atoms with Gasteiger partial charge in [0.1, 0.15) is 0 Å². The molecule has 0 aliphatic carbocycles. The molecular formula is C15H21ClO4S. The van der Waals surface area contributed by atoms with Gasteiger partial charge in [-0.2, -0.15) is 0 Å². The maximum Gasteiger partial charge on any atom is 0.338 e. The van der Waals surface area contributed by atoms with Crippen molar-refractivity contribution in [2.45, 2.75) is 45.4 Å². The number of carbonyl (C=O) groups is 1. The van der Waals surface area contributed by atoms with Crippen LogP contribution in [-0.2, 0) is 13.8 Å². The standard InChI is InChI=1S/C15H21ClO4S/c1-10(2)6-5-7-20-15(17)14-9-13(21(16,18)19)8-11(3)12(14)4/h8-10H,5-7H2,1-4H3. The van der Waals surface area contributed by atoms with Gasteiger partial charge in [-0.15, -0.1) is 0 Å². The molecule has 0 heterocycles. The number of hydrogen-bond donors (Lipinski definition) is 0. The van der Waals surface area contributed by atoms with Gasteiger partial charge in [-0.05, 0) is 55.9 Å². The highest BCUT2D eigenvalue weighted by molar-refractivity contribution is 8.13. The monoisotopic (exact) mass is 332 g/mol. The fourth-order valence-corrected chi connectivity index (χ4v) is 2.76. The van der Waals surface area contributed by atoms with Crippen LogP contribution in [0.15, 0.2) is 17.0 Å². The summed E-state index contributed by atoms with van der Waals surface area (Å²) in [6, 6.07) is 2.72. The van der Waals surface area contributed by atoms with Crippen LogP contribution in [0.1, 0.15) is 48.2 Å². The predicted molar refractivity (Wildman–Crippen MR) is 83.3 cm³/mol. The topological polar surface area (TPSA) is 60.4 Å². The number of aryl methyl sites for hydroxylation is 1. The highest BCUT2D eigenvalue weighted by atomic mass is 35.7. The van der Waals surface area contributed by atoms with E-state index in [0.29, 0.717) is 23.7 Å². The average molecular weight is 333 g/mol. The molecule has 118 valence electrons. The minimum atomic E-state index is -3.87. The molecule has 0 N–H and O–H groups in total. The average Bonchev–Trinajstić information content (AvgIpc) is 2.35. The number of ether oxygens (including phenoxy) is 1. The van der Waals surface area contributed by atoms with E-state index < -0.39 is 15.0 Å². The fourth-order valence-electron chi connectivity index (χ4n) is 1.91. The third-order valence-corrected chi connectivity index (χ3v) is 4.63. The lowest BCUT2D eigenvalue weighted by Crippen LogP contribution is -2.11. The quantitative estimate of drug-likeness (QED) is 0.451. The molecule has 0 radical (unpaired) electrons. The molecule has 1 aromatic rings. The first kappa shape index (κ1) is 18.0. The SMILES string of the molecule is Cc1cc(S(=O)(=O)Cl)cc(C(=O)OCCCC(C)C)c1C. The lowest BCUT2D eigenvalue weighted by atomic mass is 10.0. The third kappa shape index (κ3) is 5.32. The van der Waals surface area contributed by atoms with Gasteiger partial charge < -0.3 is 4.74 Å². The smallest absolute Gasteiger partial charge is 0.338 e. The van der Waals surface area contributed by atoms with Gasteiger partial charge in [-0.3, -0.25) is 0 Å². The molecule has 0 saturated heterocycles. The molecule has 0 aliphatic rings. The predicted octanol–water partition coefficient (Wildman–Crippen LogP) is 3.82. The van der Waals surface area contributed by atoms with E-state index in [0.717, 1.165) is 12.8 Å². The summed E-state index contributed by atoms with van der Waals surface area (Å²) in [5, 5.41) is 0. The van der Waals surface area contributed by atoms with E-state index in [1.807, 2.05) is 0 Å². The van der Waals surface area contributed by atoms with Gasteiger partial charge in [-0.25, -0.2) is 13.2 Å². The van der Waals surface area contributed by atoms with E-state index in [9.17, 15) is 13.2 Å². The number of carbonyl (C=O) groups excluding carboxylic acids is 1. The Labute approximate surface area is 130 Å². The summed E-state index contributed by atoms with van der Waals surface area (Å²) in [5.74, 6) is 0.0407. The van der Waals surface area contributed by atoms with Gasteiger partial charge in [0, 0.05) is 10.7 Å². The highest BCUT2D eigenvalue weighted by Gasteiger charge is 2.18. The molecule has 0 fully saturated rings. The van der Waals surface area contributed by atoms with E-state index in [-0.39, 0.29) is 10.5 Å². The molecule has 0 spiro atoms. The Bertz CT molecular complexity index is 621. The maximum absolute atomic E-state index is 12.1. The van der Waals surface area contributed by atoms with Gasteiger partial charge in [0.15, 0.2) is 0 Å². The number of hydrogen-bond acceptors (Lipinski definition) is 4. The second-order valence-electron chi connectivity index (χ2n) is 5.52. The number of rotatable bonds is 6. The Morgan fingerprint density at radius 3 is 2.43 bits per heavy atom. The first-order valence-electron chi connectivity index (χ1n) is 6.86. The molecule has 21 heavy (non-hydrogen) atoms. The number of benzene rings is 1. The zero-order valence-corrected chi connectivity index (χ0v) is 14.3. The van der Waals surface area contributed by atoms with Crippen LogP contribution in [-0.4, -0.2) is 21.0 Å². The summed E-state index contributed by atoms with van der Waals surface area (Å²) >= 11 is 0. The van der Waals surface area contributed by atoms with Crippen molar-refractivity contribution in [3.05, 3.63) is 28.8 Å². The zero-order chi connectivity index (χ0) is 16.2.